The third-order valence-corrected chi connectivity index (χ3v) is 1.81. The topological polar surface area (TPSA) is 49.4 Å². The number of carbonyl (C=O) groups is 1. The molecular weight excluding hydrogens is 168 g/mol. The van der Waals surface area contributed by atoms with Crippen molar-refractivity contribution in [3.63, 3.8) is 0 Å². The largest absolute Gasteiger partial charge is 0.547 e. The fraction of sp³-hybridized carbons (Fsp3) is 0.300. The van der Waals surface area contributed by atoms with E-state index in [0.29, 0.717) is 6.42 Å². The Morgan fingerprint density at radius 3 is 2.54 bits per heavy atom. The van der Waals surface area contributed by atoms with Crippen LogP contribution in [0, 0.1) is 0 Å². The average Bonchev–Trinajstić information content (AvgIpc) is 2.15. The SMILES string of the molecule is COC(Cc1ccccc1)C(=O)[O-]. The van der Waals surface area contributed by atoms with Crippen molar-refractivity contribution < 1.29 is 14.6 Å². The maximum atomic E-state index is 10.5. The maximum Gasteiger partial charge on any atom is 0.100 e. The zero-order chi connectivity index (χ0) is 9.68. The van der Waals surface area contributed by atoms with Gasteiger partial charge in [0.2, 0.25) is 0 Å². The van der Waals surface area contributed by atoms with Gasteiger partial charge < -0.3 is 14.6 Å². The van der Waals surface area contributed by atoms with Crippen LogP contribution >= 0.6 is 0 Å². The number of rotatable bonds is 4. The molecule has 1 aromatic carbocycles. The molecule has 1 rings (SSSR count). The van der Waals surface area contributed by atoms with Crippen molar-refractivity contribution in [2.24, 2.45) is 0 Å². The molecule has 70 valence electrons. The monoisotopic (exact) mass is 179 g/mol. The summed E-state index contributed by atoms with van der Waals surface area (Å²) in [6, 6.07) is 9.31. The molecule has 1 unspecified atom stereocenters. The first-order valence-electron chi connectivity index (χ1n) is 4.01. The first-order chi connectivity index (χ1) is 6.24. The van der Waals surface area contributed by atoms with E-state index in [1.54, 1.807) is 0 Å². The lowest BCUT2D eigenvalue weighted by atomic mass is 10.1. The van der Waals surface area contributed by atoms with Gasteiger partial charge in [0, 0.05) is 13.5 Å². The molecule has 0 amide bonds. The molecular formula is C10H11O3-. The van der Waals surface area contributed by atoms with Crippen molar-refractivity contribution in [1.82, 2.24) is 0 Å². The fourth-order valence-electron chi connectivity index (χ4n) is 1.09. The van der Waals surface area contributed by atoms with Gasteiger partial charge in [0.1, 0.15) is 6.10 Å². The predicted octanol–water partition coefficient (Wildman–Crippen LogP) is -0.00600. The second-order valence-electron chi connectivity index (χ2n) is 2.73. The quantitative estimate of drug-likeness (QED) is 0.653. The second kappa shape index (κ2) is 4.62. The number of carboxylic acid groups (broad SMARTS) is 1. The van der Waals surface area contributed by atoms with Crippen LogP contribution in [0.5, 0.6) is 0 Å². The summed E-state index contributed by atoms with van der Waals surface area (Å²) in [7, 11) is 1.36. The summed E-state index contributed by atoms with van der Waals surface area (Å²) in [4.78, 5) is 10.5. The van der Waals surface area contributed by atoms with Gasteiger partial charge in [-0.15, -0.1) is 0 Å². The molecule has 3 nitrogen and oxygen atoms in total. The van der Waals surface area contributed by atoms with Gasteiger partial charge in [-0.2, -0.15) is 0 Å². The van der Waals surface area contributed by atoms with E-state index in [1.807, 2.05) is 30.3 Å². The summed E-state index contributed by atoms with van der Waals surface area (Å²) in [6.45, 7) is 0. The van der Waals surface area contributed by atoms with Gasteiger partial charge in [0.05, 0.1) is 5.97 Å². The highest BCUT2D eigenvalue weighted by atomic mass is 16.5. The number of methoxy groups -OCH3 is 1. The lowest BCUT2D eigenvalue weighted by Gasteiger charge is -2.15. The zero-order valence-corrected chi connectivity index (χ0v) is 7.40. The van der Waals surface area contributed by atoms with Crippen LogP contribution in [0.2, 0.25) is 0 Å². The Balaban J connectivity index is 2.62. The number of hydrogen-bond donors (Lipinski definition) is 0. The summed E-state index contributed by atoms with van der Waals surface area (Å²) in [6.07, 6.45) is -0.512. The van der Waals surface area contributed by atoms with Crippen molar-refractivity contribution in [2.75, 3.05) is 7.11 Å². The number of aliphatic carboxylic acids is 1. The van der Waals surface area contributed by atoms with E-state index in [2.05, 4.69) is 0 Å². The molecule has 3 heteroatoms. The van der Waals surface area contributed by atoms with E-state index in [1.165, 1.54) is 7.11 Å². The Morgan fingerprint density at radius 2 is 2.08 bits per heavy atom. The van der Waals surface area contributed by atoms with Gasteiger partial charge in [0.15, 0.2) is 0 Å². The molecule has 13 heavy (non-hydrogen) atoms. The van der Waals surface area contributed by atoms with Gasteiger partial charge in [-0.05, 0) is 5.56 Å². The van der Waals surface area contributed by atoms with Crippen LogP contribution in [0.25, 0.3) is 0 Å². The molecule has 0 spiro atoms. The minimum absolute atomic E-state index is 0.347. The Labute approximate surface area is 77.0 Å². The third kappa shape index (κ3) is 2.87. The third-order valence-electron chi connectivity index (χ3n) is 1.81. The summed E-state index contributed by atoms with van der Waals surface area (Å²) >= 11 is 0. The fourth-order valence-corrected chi connectivity index (χ4v) is 1.09. The van der Waals surface area contributed by atoms with Crippen molar-refractivity contribution in [3.8, 4) is 0 Å². The van der Waals surface area contributed by atoms with E-state index in [0.717, 1.165) is 5.56 Å². The summed E-state index contributed by atoms with van der Waals surface area (Å²) in [5.74, 6) is -1.17. The van der Waals surface area contributed by atoms with Gasteiger partial charge >= 0.3 is 0 Å². The second-order valence-corrected chi connectivity index (χ2v) is 2.73. The first kappa shape index (κ1) is 9.74. The molecule has 0 saturated carbocycles. The van der Waals surface area contributed by atoms with Crippen LogP contribution in [0.15, 0.2) is 30.3 Å². The summed E-state index contributed by atoms with van der Waals surface area (Å²) in [5, 5.41) is 10.5. The number of hydrogen-bond acceptors (Lipinski definition) is 3. The van der Waals surface area contributed by atoms with Gasteiger partial charge in [-0.3, -0.25) is 0 Å². The molecule has 0 aliphatic heterocycles. The molecule has 0 aliphatic rings. The molecule has 0 bridgehead atoms. The molecule has 1 aromatic rings. The number of ether oxygens (including phenoxy) is 1. The predicted molar refractivity (Wildman–Crippen MR) is 46.0 cm³/mol. The molecule has 0 N–H and O–H groups in total. The Morgan fingerprint density at radius 1 is 1.46 bits per heavy atom. The van der Waals surface area contributed by atoms with Crippen molar-refractivity contribution >= 4 is 5.97 Å². The lowest BCUT2D eigenvalue weighted by molar-refractivity contribution is -0.315. The van der Waals surface area contributed by atoms with Crippen LogP contribution in [-0.4, -0.2) is 19.2 Å². The smallest absolute Gasteiger partial charge is 0.100 e. The number of carboxylic acids is 1. The summed E-state index contributed by atoms with van der Waals surface area (Å²) in [5.41, 5.74) is 0.929. The highest BCUT2D eigenvalue weighted by Gasteiger charge is 2.08. The first-order valence-corrected chi connectivity index (χ1v) is 4.01. The standard InChI is InChI=1S/C10H12O3/c1-13-9(10(11)12)7-8-5-3-2-4-6-8/h2-6,9H,7H2,1H3,(H,11,12)/p-1. The van der Waals surface area contributed by atoms with Gasteiger partial charge in [0.25, 0.3) is 0 Å². The summed E-state index contributed by atoms with van der Waals surface area (Å²) < 4.78 is 4.75. The van der Waals surface area contributed by atoms with E-state index in [-0.39, 0.29) is 0 Å². The van der Waals surface area contributed by atoms with Crippen LogP contribution < -0.4 is 5.11 Å². The van der Waals surface area contributed by atoms with Crippen LogP contribution in [0.1, 0.15) is 5.56 Å². The minimum atomic E-state index is -1.17. The van der Waals surface area contributed by atoms with Gasteiger partial charge in [-0.1, -0.05) is 30.3 Å². The van der Waals surface area contributed by atoms with Crippen molar-refractivity contribution in [2.45, 2.75) is 12.5 Å². The molecule has 0 fully saturated rings. The highest BCUT2D eigenvalue weighted by Crippen LogP contribution is 2.04. The Hall–Kier alpha value is -1.35. The number of benzene rings is 1. The Kier molecular flexibility index (Phi) is 3.46. The zero-order valence-electron chi connectivity index (χ0n) is 7.40. The molecule has 0 saturated heterocycles. The van der Waals surface area contributed by atoms with E-state index in [4.69, 9.17) is 4.74 Å². The van der Waals surface area contributed by atoms with E-state index >= 15 is 0 Å². The van der Waals surface area contributed by atoms with Crippen molar-refractivity contribution in [1.29, 1.82) is 0 Å². The molecule has 0 aliphatic carbocycles. The van der Waals surface area contributed by atoms with E-state index < -0.39 is 12.1 Å². The van der Waals surface area contributed by atoms with Crippen LogP contribution in [-0.2, 0) is 16.0 Å². The lowest BCUT2D eigenvalue weighted by Crippen LogP contribution is -2.38. The highest BCUT2D eigenvalue weighted by molar-refractivity contribution is 5.70. The minimum Gasteiger partial charge on any atom is -0.547 e. The Bertz CT molecular complexity index is 269. The molecule has 0 heterocycles. The van der Waals surface area contributed by atoms with Gasteiger partial charge in [-0.25, -0.2) is 0 Å². The average molecular weight is 179 g/mol. The molecule has 0 aromatic heterocycles. The van der Waals surface area contributed by atoms with Crippen LogP contribution in [0.3, 0.4) is 0 Å². The normalized spacial score (nSPS) is 12.4. The van der Waals surface area contributed by atoms with Crippen LogP contribution in [0.4, 0.5) is 0 Å². The molecule has 0 radical (unpaired) electrons. The number of carbonyl (C=O) groups excluding carboxylic acids is 1. The van der Waals surface area contributed by atoms with Crippen molar-refractivity contribution in [3.05, 3.63) is 35.9 Å². The van der Waals surface area contributed by atoms with E-state index in [9.17, 15) is 9.90 Å². The molecule has 1 atom stereocenters. The maximum absolute atomic E-state index is 10.5.